The first-order chi connectivity index (χ1) is 16.3. The van der Waals surface area contributed by atoms with Crippen LogP contribution in [0, 0.1) is 0 Å². The Bertz CT molecular complexity index is 1280. The molecule has 1 aliphatic heterocycles. The molecule has 0 unspecified atom stereocenters. The van der Waals surface area contributed by atoms with Crippen LogP contribution in [-0.4, -0.2) is 29.1 Å². The van der Waals surface area contributed by atoms with E-state index in [2.05, 4.69) is 15.3 Å². The Morgan fingerprint density at radius 2 is 1.64 bits per heavy atom. The number of fused-ring (bicyclic) bond motifs is 1. The van der Waals surface area contributed by atoms with Crippen LogP contribution in [0.15, 0.2) is 95.1 Å². The molecule has 0 atom stereocenters. The third-order valence-corrected chi connectivity index (χ3v) is 5.78. The number of anilines is 1. The maximum absolute atomic E-state index is 13.1. The average Bonchev–Trinajstić information content (AvgIpc) is 2.86. The summed E-state index contributed by atoms with van der Waals surface area (Å²) in [7, 11) is 0. The van der Waals surface area contributed by atoms with Gasteiger partial charge in [0.25, 0.3) is 11.8 Å². The highest BCUT2D eigenvalue weighted by atomic mass is 32.2. The number of para-hydroxylation sites is 1. The molecule has 3 aromatic carbocycles. The van der Waals surface area contributed by atoms with Crippen molar-refractivity contribution >= 4 is 23.4 Å². The zero-order chi connectivity index (χ0) is 22.5. The predicted octanol–water partition coefficient (Wildman–Crippen LogP) is 5.44. The van der Waals surface area contributed by atoms with Crippen molar-refractivity contribution in [2.75, 3.05) is 18.5 Å². The number of aromatic nitrogens is 2. The zero-order valence-corrected chi connectivity index (χ0v) is 18.2. The summed E-state index contributed by atoms with van der Waals surface area (Å²) < 4.78 is 17.1. The molecule has 33 heavy (non-hydrogen) atoms. The molecule has 1 aliphatic rings. The van der Waals surface area contributed by atoms with E-state index in [1.54, 1.807) is 36.7 Å². The van der Waals surface area contributed by atoms with Gasteiger partial charge in [0.2, 0.25) is 0 Å². The summed E-state index contributed by atoms with van der Waals surface area (Å²) in [5, 5.41) is 3.49. The lowest BCUT2D eigenvalue weighted by Gasteiger charge is -2.19. The van der Waals surface area contributed by atoms with Crippen molar-refractivity contribution in [1.29, 1.82) is 0 Å². The highest BCUT2D eigenvalue weighted by Crippen LogP contribution is 2.36. The van der Waals surface area contributed by atoms with E-state index >= 15 is 0 Å². The summed E-state index contributed by atoms with van der Waals surface area (Å²) in [5.74, 6) is 2.07. The molecule has 0 aliphatic carbocycles. The van der Waals surface area contributed by atoms with E-state index in [-0.39, 0.29) is 5.91 Å². The van der Waals surface area contributed by atoms with Crippen molar-refractivity contribution in [2.24, 2.45) is 0 Å². The lowest BCUT2D eigenvalue weighted by molar-refractivity contribution is 0.102. The molecule has 0 bridgehead atoms. The number of hydrogen-bond acceptors (Lipinski definition) is 7. The first-order valence-corrected chi connectivity index (χ1v) is 11.1. The molecule has 0 saturated heterocycles. The minimum atomic E-state index is -0.246. The quantitative estimate of drug-likeness (QED) is 0.413. The highest BCUT2D eigenvalue weighted by Gasteiger charge is 2.18. The van der Waals surface area contributed by atoms with Gasteiger partial charge in [-0.1, -0.05) is 42.1 Å². The van der Waals surface area contributed by atoms with E-state index in [0.717, 1.165) is 4.90 Å². The molecule has 0 spiro atoms. The smallest absolute Gasteiger partial charge is 0.256 e. The van der Waals surface area contributed by atoms with E-state index in [0.29, 0.717) is 52.6 Å². The van der Waals surface area contributed by atoms with Gasteiger partial charge in [0.05, 0.1) is 5.56 Å². The van der Waals surface area contributed by atoms with Gasteiger partial charge in [-0.05, 0) is 36.4 Å². The standard InChI is InChI=1S/C25H19N3O4S/c29-23(28-17-10-11-20-21(16-17)31-15-14-30-20)19-8-4-5-9-22(19)33-25-24(26-12-13-27-25)32-18-6-2-1-3-7-18/h1-13,16H,14-15H2,(H,28,29). The minimum Gasteiger partial charge on any atom is -0.486 e. The van der Waals surface area contributed by atoms with Crippen LogP contribution in [0.25, 0.3) is 0 Å². The molecule has 4 aromatic rings. The van der Waals surface area contributed by atoms with Crippen LogP contribution in [0.2, 0.25) is 0 Å². The second-order valence-corrected chi connectivity index (χ2v) is 8.02. The van der Waals surface area contributed by atoms with Gasteiger partial charge in [0.15, 0.2) is 16.5 Å². The summed E-state index contributed by atoms with van der Waals surface area (Å²) in [5.41, 5.74) is 1.13. The monoisotopic (exact) mass is 457 g/mol. The Labute approximate surface area is 194 Å². The molecule has 7 nitrogen and oxygen atoms in total. The first kappa shape index (κ1) is 20.8. The lowest BCUT2D eigenvalue weighted by Crippen LogP contribution is -2.16. The Balaban J connectivity index is 1.37. The topological polar surface area (TPSA) is 82.6 Å². The molecule has 1 amide bonds. The van der Waals surface area contributed by atoms with Crippen LogP contribution in [0.3, 0.4) is 0 Å². The Morgan fingerprint density at radius 1 is 0.879 bits per heavy atom. The molecule has 5 rings (SSSR count). The van der Waals surface area contributed by atoms with Gasteiger partial charge in [-0.2, -0.15) is 0 Å². The van der Waals surface area contributed by atoms with Gasteiger partial charge >= 0.3 is 0 Å². The van der Waals surface area contributed by atoms with Crippen molar-refractivity contribution in [1.82, 2.24) is 9.97 Å². The molecule has 8 heteroatoms. The molecular formula is C25H19N3O4S. The normalized spacial score (nSPS) is 12.1. The first-order valence-electron chi connectivity index (χ1n) is 10.3. The summed E-state index contributed by atoms with van der Waals surface area (Å²) in [6.07, 6.45) is 3.17. The van der Waals surface area contributed by atoms with Crippen molar-refractivity contribution in [3.8, 4) is 23.1 Å². The van der Waals surface area contributed by atoms with Crippen LogP contribution in [0.1, 0.15) is 10.4 Å². The number of carbonyl (C=O) groups excluding carboxylic acids is 1. The number of ether oxygens (including phenoxy) is 3. The summed E-state index contributed by atoms with van der Waals surface area (Å²) in [4.78, 5) is 22.6. The summed E-state index contributed by atoms with van der Waals surface area (Å²) in [6, 6.07) is 22.0. The molecule has 0 radical (unpaired) electrons. The zero-order valence-electron chi connectivity index (χ0n) is 17.4. The molecule has 2 heterocycles. The molecule has 164 valence electrons. The number of rotatable bonds is 6. The van der Waals surface area contributed by atoms with Gasteiger partial charge in [0, 0.05) is 29.0 Å². The summed E-state index contributed by atoms with van der Waals surface area (Å²) in [6.45, 7) is 0.997. The number of benzene rings is 3. The van der Waals surface area contributed by atoms with E-state index in [1.165, 1.54) is 11.8 Å². The number of amides is 1. The number of carbonyl (C=O) groups is 1. The van der Waals surface area contributed by atoms with Crippen molar-refractivity contribution in [2.45, 2.75) is 9.92 Å². The van der Waals surface area contributed by atoms with Gasteiger partial charge in [0.1, 0.15) is 19.0 Å². The average molecular weight is 458 g/mol. The van der Waals surface area contributed by atoms with Crippen LogP contribution in [-0.2, 0) is 0 Å². The van der Waals surface area contributed by atoms with Crippen LogP contribution in [0.5, 0.6) is 23.1 Å². The maximum Gasteiger partial charge on any atom is 0.256 e. The van der Waals surface area contributed by atoms with Gasteiger partial charge in [-0.25, -0.2) is 9.97 Å². The Kier molecular flexibility index (Phi) is 6.08. The van der Waals surface area contributed by atoms with E-state index in [9.17, 15) is 4.79 Å². The number of hydrogen-bond donors (Lipinski definition) is 1. The maximum atomic E-state index is 13.1. The third-order valence-electron chi connectivity index (χ3n) is 4.73. The summed E-state index contributed by atoms with van der Waals surface area (Å²) >= 11 is 1.32. The molecule has 1 aromatic heterocycles. The van der Waals surface area contributed by atoms with Crippen LogP contribution >= 0.6 is 11.8 Å². The second-order valence-electron chi connectivity index (χ2n) is 6.99. The molecule has 1 N–H and O–H groups in total. The highest BCUT2D eigenvalue weighted by molar-refractivity contribution is 7.99. The van der Waals surface area contributed by atoms with Gasteiger partial charge in [-0.15, -0.1) is 0 Å². The molecule has 0 saturated carbocycles. The van der Waals surface area contributed by atoms with E-state index in [4.69, 9.17) is 14.2 Å². The minimum absolute atomic E-state index is 0.246. The number of nitrogens with one attached hydrogen (secondary N) is 1. The molecule has 0 fully saturated rings. The third kappa shape index (κ3) is 4.91. The van der Waals surface area contributed by atoms with E-state index in [1.807, 2.05) is 48.5 Å². The van der Waals surface area contributed by atoms with Crippen molar-refractivity contribution < 1.29 is 19.0 Å². The number of nitrogens with zero attached hydrogens (tertiary/aromatic N) is 2. The van der Waals surface area contributed by atoms with Crippen LogP contribution in [0.4, 0.5) is 5.69 Å². The van der Waals surface area contributed by atoms with E-state index < -0.39 is 0 Å². The molecular weight excluding hydrogens is 438 g/mol. The SMILES string of the molecule is O=C(Nc1ccc2c(c1)OCCO2)c1ccccc1Sc1nccnc1Oc1ccccc1. The van der Waals surface area contributed by atoms with Crippen molar-refractivity contribution in [3.05, 3.63) is 90.8 Å². The second kappa shape index (κ2) is 9.62. The fourth-order valence-electron chi connectivity index (χ4n) is 3.22. The lowest BCUT2D eigenvalue weighted by atomic mass is 10.2. The fourth-order valence-corrected chi connectivity index (χ4v) is 4.14. The van der Waals surface area contributed by atoms with Crippen LogP contribution < -0.4 is 19.5 Å². The van der Waals surface area contributed by atoms with Gasteiger partial charge in [-0.3, -0.25) is 4.79 Å². The largest absolute Gasteiger partial charge is 0.486 e. The predicted molar refractivity (Wildman–Crippen MR) is 124 cm³/mol. The Hall–Kier alpha value is -4.04. The van der Waals surface area contributed by atoms with Crippen molar-refractivity contribution in [3.63, 3.8) is 0 Å². The van der Waals surface area contributed by atoms with Gasteiger partial charge < -0.3 is 19.5 Å². The fraction of sp³-hybridized carbons (Fsp3) is 0.0800. The Morgan fingerprint density at radius 3 is 2.52 bits per heavy atom.